The maximum Gasteiger partial charge on any atom is 0.261 e. The van der Waals surface area contributed by atoms with Gasteiger partial charge in [0.1, 0.15) is 6.54 Å². The third kappa shape index (κ3) is 3.46. The molecule has 7 heteroatoms. The van der Waals surface area contributed by atoms with E-state index in [-0.39, 0.29) is 18.0 Å². The van der Waals surface area contributed by atoms with Crippen molar-refractivity contribution < 1.29 is 4.79 Å². The number of hydrogen-bond acceptors (Lipinski definition) is 5. The Kier molecular flexibility index (Phi) is 5.03. The molecule has 32 heavy (non-hydrogen) atoms. The molecule has 0 N–H and O–H groups in total. The van der Waals surface area contributed by atoms with E-state index in [2.05, 4.69) is 4.98 Å². The molecule has 0 aliphatic heterocycles. The topological polar surface area (TPSA) is 68.1 Å². The zero-order valence-electron chi connectivity index (χ0n) is 17.6. The van der Waals surface area contributed by atoms with Crippen molar-refractivity contribution in [2.45, 2.75) is 20.4 Å². The minimum atomic E-state index is -0.255. The van der Waals surface area contributed by atoms with E-state index in [1.54, 1.807) is 11.0 Å². The maximum absolute atomic E-state index is 13.6. The number of hydrogen-bond donors (Lipinski definition) is 0. The molecule has 0 saturated carbocycles. The van der Waals surface area contributed by atoms with E-state index in [4.69, 9.17) is 4.98 Å². The van der Waals surface area contributed by atoms with Crippen LogP contribution in [-0.2, 0) is 11.3 Å². The van der Waals surface area contributed by atoms with Crippen LogP contribution in [0.15, 0.2) is 77.9 Å². The van der Waals surface area contributed by atoms with Crippen LogP contribution in [0.5, 0.6) is 0 Å². The molecule has 158 valence electrons. The second-order valence-electron chi connectivity index (χ2n) is 7.63. The van der Waals surface area contributed by atoms with E-state index < -0.39 is 0 Å². The molecule has 0 saturated heterocycles. The highest BCUT2D eigenvalue weighted by Crippen LogP contribution is 2.35. The number of nitrogens with zero attached hydrogens (tertiary/aromatic N) is 4. The van der Waals surface area contributed by atoms with Gasteiger partial charge in [0.2, 0.25) is 0 Å². The number of para-hydroxylation sites is 3. The first-order chi connectivity index (χ1) is 15.5. The van der Waals surface area contributed by atoms with Gasteiger partial charge in [-0.1, -0.05) is 53.8 Å². The van der Waals surface area contributed by atoms with E-state index in [0.717, 1.165) is 27.0 Å². The first-order valence-electron chi connectivity index (χ1n) is 10.2. The molecule has 0 spiro atoms. The number of carbonyl (C=O) groups is 1. The SMILES string of the molecule is Cc1ccccc1N(C(=O)Cn1cnc2c(C)cccc2c1=O)c1nc2ccccc2s1. The van der Waals surface area contributed by atoms with Crippen LogP contribution < -0.4 is 10.5 Å². The van der Waals surface area contributed by atoms with Crippen LogP contribution in [-0.4, -0.2) is 20.4 Å². The Balaban J connectivity index is 1.60. The van der Waals surface area contributed by atoms with Gasteiger partial charge in [0, 0.05) is 0 Å². The molecule has 0 aliphatic carbocycles. The lowest BCUT2D eigenvalue weighted by molar-refractivity contribution is -0.118. The first-order valence-corrected chi connectivity index (χ1v) is 11.0. The van der Waals surface area contributed by atoms with Crippen LogP contribution in [0.2, 0.25) is 0 Å². The molecule has 5 rings (SSSR count). The van der Waals surface area contributed by atoms with Gasteiger partial charge < -0.3 is 0 Å². The van der Waals surface area contributed by atoms with Gasteiger partial charge in [0.15, 0.2) is 5.13 Å². The number of aryl methyl sites for hydroxylation is 2. The number of benzene rings is 3. The van der Waals surface area contributed by atoms with Crippen molar-refractivity contribution in [3.63, 3.8) is 0 Å². The van der Waals surface area contributed by atoms with Crippen molar-refractivity contribution >= 4 is 49.2 Å². The molecular weight excluding hydrogens is 420 g/mol. The Labute approximate surface area is 188 Å². The highest BCUT2D eigenvalue weighted by atomic mass is 32.1. The van der Waals surface area contributed by atoms with E-state index in [1.807, 2.05) is 74.5 Å². The van der Waals surface area contributed by atoms with E-state index in [0.29, 0.717) is 16.0 Å². The van der Waals surface area contributed by atoms with Crippen LogP contribution in [0.4, 0.5) is 10.8 Å². The Hall–Kier alpha value is -3.84. The molecule has 5 aromatic rings. The van der Waals surface area contributed by atoms with Gasteiger partial charge >= 0.3 is 0 Å². The summed E-state index contributed by atoms with van der Waals surface area (Å²) in [5, 5.41) is 1.07. The fraction of sp³-hybridized carbons (Fsp3) is 0.120. The van der Waals surface area contributed by atoms with Crippen molar-refractivity contribution in [3.05, 3.63) is 94.5 Å². The second-order valence-corrected chi connectivity index (χ2v) is 8.64. The Morgan fingerprint density at radius 2 is 1.72 bits per heavy atom. The number of amides is 1. The summed E-state index contributed by atoms with van der Waals surface area (Å²) in [6.45, 7) is 3.73. The number of aromatic nitrogens is 3. The number of rotatable bonds is 4. The van der Waals surface area contributed by atoms with Gasteiger partial charge in [0.05, 0.1) is 33.1 Å². The molecule has 0 radical (unpaired) electrons. The van der Waals surface area contributed by atoms with Crippen molar-refractivity contribution in [2.75, 3.05) is 4.90 Å². The number of anilines is 2. The summed E-state index contributed by atoms with van der Waals surface area (Å²) in [5.41, 5.74) is 3.87. The quantitative estimate of drug-likeness (QED) is 0.395. The van der Waals surface area contributed by atoms with Gasteiger partial charge in [-0.3, -0.25) is 19.1 Å². The molecule has 2 heterocycles. The average Bonchev–Trinajstić information content (AvgIpc) is 3.21. The molecule has 0 bridgehead atoms. The Morgan fingerprint density at radius 3 is 2.53 bits per heavy atom. The van der Waals surface area contributed by atoms with Gasteiger partial charge in [-0.2, -0.15) is 0 Å². The fourth-order valence-electron chi connectivity index (χ4n) is 3.78. The summed E-state index contributed by atoms with van der Waals surface area (Å²) >= 11 is 1.45. The van der Waals surface area contributed by atoms with E-state index in [1.165, 1.54) is 22.2 Å². The summed E-state index contributed by atoms with van der Waals surface area (Å²) in [6, 6.07) is 20.9. The summed E-state index contributed by atoms with van der Waals surface area (Å²) in [4.78, 5) is 37.4. The smallest absolute Gasteiger partial charge is 0.261 e. The average molecular weight is 441 g/mol. The molecule has 2 aromatic heterocycles. The van der Waals surface area contributed by atoms with Crippen LogP contribution in [0.25, 0.3) is 21.1 Å². The van der Waals surface area contributed by atoms with Crippen molar-refractivity contribution in [1.82, 2.24) is 14.5 Å². The summed E-state index contributed by atoms with van der Waals surface area (Å²) in [7, 11) is 0. The van der Waals surface area contributed by atoms with Gasteiger partial charge in [-0.25, -0.2) is 9.97 Å². The summed E-state index contributed by atoms with van der Waals surface area (Å²) < 4.78 is 2.36. The van der Waals surface area contributed by atoms with Crippen molar-refractivity contribution in [2.24, 2.45) is 0 Å². The largest absolute Gasteiger partial charge is 0.289 e. The molecule has 3 aromatic carbocycles. The predicted octanol–water partition coefficient (Wildman–Crippen LogP) is 4.99. The lowest BCUT2D eigenvalue weighted by Gasteiger charge is -2.22. The van der Waals surface area contributed by atoms with E-state index >= 15 is 0 Å². The fourth-order valence-corrected chi connectivity index (χ4v) is 4.78. The number of thiazole rings is 1. The van der Waals surface area contributed by atoms with Gasteiger partial charge in [0.25, 0.3) is 11.5 Å². The minimum Gasteiger partial charge on any atom is -0.289 e. The van der Waals surface area contributed by atoms with Gasteiger partial charge in [-0.15, -0.1) is 0 Å². The Bertz CT molecular complexity index is 1500. The minimum absolute atomic E-state index is 0.139. The predicted molar refractivity (Wildman–Crippen MR) is 129 cm³/mol. The van der Waals surface area contributed by atoms with Crippen molar-refractivity contribution in [3.8, 4) is 0 Å². The van der Waals surface area contributed by atoms with Crippen LogP contribution in [0.1, 0.15) is 11.1 Å². The lowest BCUT2D eigenvalue weighted by Crippen LogP contribution is -2.34. The van der Waals surface area contributed by atoms with Crippen LogP contribution in [0.3, 0.4) is 0 Å². The molecule has 0 atom stereocenters. The normalized spacial score (nSPS) is 11.2. The summed E-state index contributed by atoms with van der Waals surface area (Å²) in [6.07, 6.45) is 1.45. The third-order valence-electron chi connectivity index (χ3n) is 5.44. The third-order valence-corrected chi connectivity index (χ3v) is 6.46. The highest BCUT2D eigenvalue weighted by Gasteiger charge is 2.24. The highest BCUT2D eigenvalue weighted by molar-refractivity contribution is 7.22. The second kappa shape index (κ2) is 8.01. The van der Waals surface area contributed by atoms with Crippen LogP contribution >= 0.6 is 11.3 Å². The maximum atomic E-state index is 13.6. The van der Waals surface area contributed by atoms with Crippen LogP contribution in [0, 0.1) is 13.8 Å². The Morgan fingerprint density at radius 1 is 0.969 bits per heavy atom. The first kappa shape index (κ1) is 20.1. The number of fused-ring (bicyclic) bond motifs is 2. The molecular formula is C25H20N4O2S. The molecule has 1 amide bonds. The standard InChI is InChI=1S/C25H20N4O2S/c1-16-8-3-5-12-20(16)29(25-27-19-11-4-6-13-21(19)32-25)22(30)14-28-15-26-23-17(2)9-7-10-18(23)24(28)31/h3-13,15H,14H2,1-2H3. The zero-order chi connectivity index (χ0) is 22.2. The van der Waals surface area contributed by atoms with Gasteiger partial charge in [-0.05, 0) is 49.2 Å². The monoisotopic (exact) mass is 440 g/mol. The van der Waals surface area contributed by atoms with E-state index in [9.17, 15) is 9.59 Å². The molecule has 0 aliphatic rings. The molecule has 6 nitrogen and oxygen atoms in total. The number of carbonyl (C=O) groups excluding carboxylic acids is 1. The summed E-state index contributed by atoms with van der Waals surface area (Å²) in [5.74, 6) is -0.255. The van der Waals surface area contributed by atoms with Crippen molar-refractivity contribution in [1.29, 1.82) is 0 Å². The molecule has 0 unspecified atom stereocenters. The lowest BCUT2D eigenvalue weighted by atomic mass is 10.1. The zero-order valence-corrected chi connectivity index (χ0v) is 18.5. The molecule has 0 fully saturated rings.